The number of benzene rings is 2. The van der Waals surface area contributed by atoms with Crippen LogP contribution in [0.25, 0.3) is 0 Å². The third kappa shape index (κ3) is 3.97. The summed E-state index contributed by atoms with van der Waals surface area (Å²) >= 11 is 0. The van der Waals surface area contributed by atoms with Gasteiger partial charge >= 0.3 is 0 Å². The molecule has 0 aliphatic carbocycles. The minimum Gasteiger partial charge on any atom is -0.493 e. The van der Waals surface area contributed by atoms with Gasteiger partial charge in [0.25, 0.3) is 5.91 Å². The average Bonchev–Trinajstić information content (AvgIpc) is 3.10. The van der Waals surface area contributed by atoms with Crippen molar-refractivity contribution in [2.75, 3.05) is 18.1 Å². The second kappa shape index (κ2) is 8.25. The molecule has 0 saturated carbocycles. The van der Waals surface area contributed by atoms with Gasteiger partial charge in [-0.1, -0.05) is 44.2 Å². The molecule has 27 heavy (non-hydrogen) atoms. The molecule has 2 aromatic rings. The van der Waals surface area contributed by atoms with Crippen LogP contribution in [0, 0.1) is 5.92 Å². The first kappa shape index (κ1) is 19.0. The Morgan fingerprint density at radius 3 is 2.56 bits per heavy atom. The van der Waals surface area contributed by atoms with Crippen molar-refractivity contribution < 1.29 is 14.3 Å². The summed E-state index contributed by atoms with van der Waals surface area (Å²) in [4.78, 5) is 27.9. The summed E-state index contributed by atoms with van der Waals surface area (Å²) in [6.07, 6.45) is 0.841. The summed E-state index contributed by atoms with van der Waals surface area (Å²) in [7, 11) is 0. The third-order valence-corrected chi connectivity index (χ3v) is 4.80. The molecule has 142 valence electrons. The molecule has 5 nitrogen and oxygen atoms in total. The first-order valence-electron chi connectivity index (χ1n) is 9.45. The number of carbonyl (C=O) groups excluding carboxylic acids is 2. The molecule has 1 N–H and O–H groups in total. The van der Waals surface area contributed by atoms with Crippen LogP contribution >= 0.6 is 0 Å². The Morgan fingerprint density at radius 1 is 1.11 bits per heavy atom. The van der Waals surface area contributed by atoms with Gasteiger partial charge in [-0.15, -0.1) is 0 Å². The number of hydrogen-bond acceptors (Lipinski definition) is 3. The number of ether oxygens (including phenoxy) is 1. The van der Waals surface area contributed by atoms with Gasteiger partial charge in [0.05, 0.1) is 12.2 Å². The number of para-hydroxylation sites is 2. The van der Waals surface area contributed by atoms with Gasteiger partial charge in [-0.25, -0.2) is 0 Å². The highest BCUT2D eigenvalue weighted by Crippen LogP contribution is 2.29. The van der Waals surface area contributed by atoms with E-state index in [4.69, 9.17) is 4.74 Å². The van der Waals surface area contributed by atoms with Gasteiger partial charge in [-0.2, -0.15) is 0 Å². The summed E-state index contributed by atoms with van der Waals surface area (Å²) in [6.45, 7) is 6.88. The van der Waals surface area contributed by atoms with E-state index in [-0.39, 0.29) is 17.7 Å². The van der Waals surface area contributed by atoms with E-state index in [1.54, 1.807) is 23.1 Å². The molecule has 0 spiro atoms. The molecule has 0 unspecified atom stereocenters. The minimum absolute atomic E-state index is 0.0338. The lowest BCUT2D eigenvalue weighted by Crippen LogP contribution is -2.51. The van der Waals surface area contributed by atoms with Gasteiger partial charge in [-0.3, -0.25) is 9.59 Å². The Bertz CT molecular complexity index is 832. The van der Waals surface area contributed by atoms with Crippen LogP contribution in [0.5, 0.6) is 5.75 Å². The fraction of sp³-hybridized carbons (Fsp3) is 0.364. The highest BCUT2D eigenvalue weighted by Gasteiger charge is 2.33. The van der Waals surface area contributed by atoms with E-state index >= 15 is 0 Å². The Hall–Kier alpha value is -2.82. The Kier molecular flexibility index (Phi) is 5.79. The normalized spacial score (nSPS) is 14.0. The van der Waals surface area contributed by atoms with Gasteiger partial charge in [-0.05, 0) is 43.0 Å². The van der Waals surface area contributed by atoms with E-state index in [0.717, 1.165) is 12.1 Å². The smallest absolute Gasteiger partial charge is 0.255 e. The topological polar surface area (TPSA) is 58.6 Å². The van der Waals surface area contributed by atoms with E-state index in [1.807, 2.05) is 51.1 Å². The van der Waals surface area contributed by atoms with E-state index in [1.165, 1.54) is 5.56 Å². The zero-order valence-electron chi connectivity index (χ0n) is 16.1. The van der Waals surface area contributed by atoms with Crippen molar-refractivity contribution in [1.29, 1.82) is 0 Å². The number of nitrogens with zero attached hydrogens (tertiary/aromatic N) is 1. The molecule has 3 rings (SSSR count). The lowest BCUT2D eigenvalue weighted by atomic mass is 10.0. The van der Waals surface area contributed by atoms with Crippen LogP contribution in [0.1, 0.15) is 36.7 Å². The summed E-state index contributed by atoms with van der Waals surface area (Å²) in [6, 6.07) is 14.4. The predicted molar refractivity (Wildman–Crippen MR) is 106 cm³/mol. The number of anilines is 1. The first-order valence-corrected chi connectivity index (χ1v) is 9.45. The highest BCUT2D eigenvalue weighted by atomic mass is 16.5. The van der Waals surface area contributed by atoms with E-state index in [2.05, 4.69) is 5.32 Å². The van der Waals surface area contributed by atoms with Crippen molar-refractivity contribution >= 4 is 17.5 Å². The van der Waals surface area contributed by atoms with Crippen molar-refractivity contribution in [2.24, 2.45) is 5.92 Å². The molecule has 0 aromatic heterocycles. The molecule has 1 aliphatic rings. The Labute approximate surface area is 160 Å². The van der Waals surface area contributed by atoms with Crippen LogP contribution in [-0.4, -0.2) is 31.0 Å². The largest absolute Gasteiger partial charge is 0.493 e. The molecule has 2 aromatic carbocycles. The molecular formula is C22H26N2O3. The predicted octanol–water partition coefficient (Wildman–Crippen LogP) is 3.43. The fourth-order valence-electron chi connectivity index (χ4n) is 3.40. The molecule has 0 saturated heterocycles. The Morgan fingerprint density at radius 2 is 1.81 bits per heavy atom. The molecule has 0 bridgehead atoms. The number of rotatable bonds is 6. The van der Waals surface area contributed by atoms with Crippen LogP contribution in [0.4, 0.5) is 5.69 Å². The number of nitrogens with one attached hydrogen (secondary N) is 1. The SMILES string of the molecule is CCOc1ccccc1C(=O)N[C@H](C(=O)N1CCc2ccccc21)C(C)C. The van der Waals surface area contributed by atoms with Crippen molar-refractivity contribution in [2.45, 2.75) is 33.2 Å². The standard InChI is InChI=1S/C22H26N2O3/c1-4-27-19-12-8-6-10-17(19)21(25)23-20(15(2)3)22(26)24-14-13-16-9-5-7-11-18(16)24/h5-12,15,20H,4,13-14H2,1-3H3,(H,23,25)/t20-/m0/s1. The van der Waals surface area contributed by atoms with Crippen molar-refractivity contribution in [3.05, 3.63) is 59.7 Å². The number of carbonyl (C=O) groups is 2. The minimum atomic E-state index is -0.599. The Balaban J connectivity index is 1.81. The second-order valence-electron chi connectivity index (χ2n) is 6.99. The second-order valence-corrected chi connectivity index (χ2v) is 6.99. The summed E-state index contributed by atoms with van der Waals surface area (Å²) in [5.74, 6) is 0.128. The van der Waals surface area contributed by atoms with Crippen LogP contribution in [0.2, 0.25) is 0 Å². The number of hydrogen-bond donors (Lipinski definition) is 1. The third-order valence-electron chi connectivity index (χ3n) is 4.80. The first-order chi connectivity index (χ1) is 13.0. The van der Waals surface area contributed by atoms with E-state index in [0.29, 0.717) is 24.5 Å². The van der Waals surface area contributed by atoms with Gasteiger partial charge in [0, 0.05) is 12.2 Å². The number of amides is 2. The zero-order chi connectivity index (χ0) is 19.4. The quantitative estimate of drug-likeness (QED) is 0.852. The molecule has 2 amide bonds. The van der Waals surface area contributed by atoms with Crippen molar-refractivity contribution in [3.63, 3.8) is 0 Å². The summed E-state index contributed by atoms with van der Waals surface area (Å²) in [5.41, 5.74) is 2.55. The molecular weight excluding hydrogens is 340 g/mol. The number of fused-ring (bicyclic) bond motifs is 1. The zero-order valence-corrected chi connectivity index (χ0v) is 16.1. The van der Waals surface area contributed by atoms with Crippen LogP contribution in [0.3, 0.4) is 0 Å². The molecule has 5 heteroatoms. The van der Waals surface area contributed by atoms with Crippen molar-refractivity contribution in [3.8, 4) is 5.75 Å². The summed E-state index contributed by atoms with van der Waals surface area (Å²) in [5, 5.41) is 2.93. The van der Waals surface area contributed by atoms with Gasteiger partial charge in [0.15, 0.2) is 0 Å². The molecule has 1 atom stereocenters. The van der Waals surface area contributed by atoms with Crippen molar-refractivity contribution in [1.82, 2.24) is 5.32 Å². The lowest BCUT2D eigenvalue weighted by molar-refractivity contribution is -0.121. The van der Waals surface area contributed by atoms with Crippen LogP contribution < -0.4 is 15.0 Å². The maximum atomic E-state index is 13.2. The van der Waals surface area contributed by atoms with Gasteiger partial charge in [0.1, 0.15) is 11.8 Å². The van der Waals surface area contributed by atoms with Crippen LogP contribution in [-0.2, 0) is 11.2 Å². The highest BCUT2D eigenvalue weighted by molar-refractivity contribution is 6.04. The van der Waals surface area contributed by atoms with Crippen LogP contribution in [0.15, 0.2) is 48.5 Å². The van der Waals surface area contributed by atoms with E-state index in [9.17, 15) is 9.59 Å². The van der Waals surface area contributed by atoms with Gasteiger partial charge < -0.3 is 15.0 Å². The summed E-state index contributed by atoms with van der Waals surface area (Å²) < 4.78 is 5.55. The fourth-order valence-corrected chi connectivity index (χ4v) is 3.40. The lowest BCUT2D eigenvalue weighted by Gasteiger charge is -2.27. The van der Waals surface area contributed by atoms with Gasteiger partial charge in [0.2, 0.25) is 5.91 Å². The monoisotopic (exact) mass is 366 g/mol. The molecule has 1 heterocycles. The molecule has 0 radical (unpaired) electrons. The van der Waals surface area contributed by atoms with E-state index < -0.39 is 6.04 Å². The molecule has 0 fully saturated rings. The average molecular weight is 366 g/mol. The molecule has 1 aliphatic heterocycles. The maximum absolute atomic E-state index is 13.2. The maximum Gasteiger partial charge on any atom is 0.255 e.